The molecule has 0 saturated heterocycles. The highest BCUT2D eigenvalue weighted by molar-refractivity contribution is 5.75. The monoisotopic (exact) mass is 315 g/mol. The van der Waals surface area contributed by atoms with E-state index >= 15 is 0 Å². The van der Waals surface area contributed by atoms with E-state index in [0.717, 1.165) is 12.8 Å². The first-order chi connectivity index (χ1) is 10.7. The Hall–Kier alpha value is -1.10. The van der Waals surface area contributed by atoms with Crippen LogP contribution in [0.15, 0.2) is 0 Å². The van der Waals surface area contributed by atoms with Crippen molar-refractivity contribution in [2.45, 2.75) is 77.6 Å². The molecule has 0 heterocycles. The average Bonchev–Trinajstić information content (AvgIpc) is 2.48. The Morgan fingerprint density at radius 3 is 2.00 bits per heavy atom. The molecule has 0 saturated carbocycles. The number of nitrogens with one attached hydrogen (secondary N) is 1. The standard InChI is InChI=1S/C17H33NO4/c1-2-3-4-5-6-7-8-9-10-11-12-16(19)18-13-14-22-15-17(20)21/h2-15H2,1H3,(H,18,19)(H,20,21). The summed E-state index contributed by atoms with van der Waals surface area (Å²) >= 11 is 0. The fraction of sp³-hybridized carbons (Fsp3) is 0.882. The van der Waals surface area contributed by atoms with Gasteiger partial charge in [0.2, 0.25) is 5.91 Å². The van der Waals surface area contributed by atoms with E-state index in [1.165, 1.54) is 51.4 Å². The van der Waals surface area contributed by atoms with Gasteiger partial charge < -0.3 is 15.2 Å². The molecule has 0 aliphatic carbocycles. The number of rotatable bonds is 16. The minimum Gasteiger partial charge on any atom is -0.480 e. The van der Waals surface area contributed by atoms with Crippen LogP contribution in [0, 0.1) is 0 Å². The van der Waals surface area contributed by atoms with Crippen LogP contribution >= 0.6 is 0 Å². The molecule has 0 atom stereocenters. The minimum absolute atomic E-state index is 0.0264. The molecule has 0 aromatic heterocycles. The van der Waals surface area contributed by atoms with Gasteiger partial charge in [-0.25, -0.2) is 4.79 Å². The Kier molecular flexibility index (Phi) is 15.5. The van der Waals surface area contributed by atoms with Gasteiger partial charge in [-0.2, -0.15) is 0 Å². The topological polar surface area (TPSA) is 75.6 Å². The van der Waals surface area contributed by atoms with Crippen molar-refractivity contribution < 1.29 is 19.4 Å². The zero-order valence-electron chi connectivity index (χ0n) is 14.1. The molecule has 0 aliphatic rings. The zero-order valence-corrected chi connectivity index (χ0v) is 14.1. The lowest BCUT2D eigenvalue weighted by atomic mass is 10.1. The molecular weight excluding hydrogens is 282 g/mol. The van der Waals surface area contributed by atoms with Crippen LogP contribution in [0.4, 0.5) is 0 Å². The van der Waals surface area contributed by atoms with Crippen molar-refractivity contribution in [2.75, 3.05) is 19.8 Å². The Morgan fingerprint density at radius 1 is 0.909 bits per heavy atom. The molecule has 0 aromatic rings. The largest absolute Gasteiger partial charge is 0.480 e. The van der Waals surface area contributed by atoms with Gasteiger partial charge in [0.25, 0.3) is 0 Å². The van der Waals surface area contributed by atoms with Crippen LogP contribution in [0.2, 0.25) is 0 Å². The molecule has 5 heteroatoms. The van der Waals surface area contributed by atoms with Crippen molar-refractivity contribution in [3.05, 3.63) is 0 Å². The lowest BCUT2D eigenvalue weighted by Crippen LogP contribution is -2.27. The fourth-order valence-electron chi connectivity index (χ4n) is 2.28. The minimum atomic E-state index is -0.989. The molecule has 0 radical (unpaired) electrons. The number of unbranched alkanes of at least 4 members (excludes halogenated alkanes) is 9. The van der Waals surface area contributed by atoms with Crippen LogP contribution in [-0.4, -0.2) is 36.7 Å². The number of carboxylic acid groups (broad SMARTS) is 1. The summed E-state index contributed by atoms with van der Waals surface area (Å²) in [6.07, 6.45) is 13.1. The van der Waals surface area contributed by atoms with Gasteiger partial charge in [0.15, 0.2) is 0 Å². The molecule has 1 amide bonds. The molecule has 0 aromatic carbocycles. The summed E-state index contributed by atoms with van der Waals surface area (Å²) in [6.45, 7) is 2.55. The van der Waals surface area contributed by atoms with Gasteiger partial charge >= 0.3 is 5.97 Å². The number of carboxylic acids is 1. The maximum absolute atomic E-state index is 11.5. The summed E-state index contributed by atoms with van der Waals surface area (Å²) in [4.78, 5) is 21.7. The van der Waals surface area contributed by atoms with E-state index in [1.807, 2.05) is 0 Å². The lowest BCUT2D eigenvalue weighted by Gasteiger charge is -2.05. The number of hydrogen-bond donors (Lipinski definition) is 2. The molecule has 22 heavy (non-hydrogen) atoms. The number of amides is 1. The van der Waals surface area contributed by atoms with Crippen LogP contribution in [0.5, 0.6) is 0 Å². The third kappa shape index (κ3) is 17.0. The molecule has 130 valence electrons. The lowest BCUT2D eigenvalue weighted by molar-refractivity contribution is -0.142. The van der Waals surface area contributed by atoms with Crippen LogP contribution < -0.4 is 5.32 Å². The van der Waals surface area contributed by atoms with E-state index in [-0.39, 0.29) is 19.1 Å². The molecule has 5 nitrogen and oxygen atoms in total. The summed E-state index contributed by atoms with van der Waals surface area (Å²) in [5, 5.41) is 11.1. The second-order valence-corrected chi connectivity index (χ2v) is 5.73. The Morgan fingerprint density at radius 2 is 1.45 bits per heavy atom. The SMILES string of the molecule is CCCCCCCCCCCCC(=O)NCCOCC(=O)O. The van der Waals surface area contributed by atoms with Gasteiger partial charge in [-0.3, -0.25) is 4.79 Å². The summed E-state index contributed by atoms with van der Waals surface area (Å²) in [6, 6.07) is 0. The van der Waals surface area contributed by atoms with E-state index in [0.29, 0.717) is 13.0 Å². The smallest absolute Gasteiger partial charge is 0.329 e. The number of hydrogen-bond acceptors (Lipinski definition) is 3. The van der Waals surface area contributed by atoms with E-state index in [9.17, 15) is 9.59 Å². The quantitative estimate of drug-likeness (QED) is 0.427. The molecule has 0 bridgehead atoms. The maximum Gasteiger partial charge on any atom is 0.329 e. The van der Waals surface area contributed by atoms with Crippen LogP contribution in [0.3, 0.4) is 0 Å². The molecular formula is C17H33NO4. The second kappa shape index (κ2) is 16.3. The van der Waals surface area contributed by atoms with Gasteiger partial charge in [-0.15, -0.1) is 0 Å². The van der Waals surface area contributed by atoms with Crippen molar-refractivity contribution in [3.63, 3.8) is 0 Å². The summed E-state index contributed by atoms with van der Waals surface area (Å²) in [7, 11) is 0. The third-order valence-electron chi connectivity index (χ3n) is 3.55. The third-order valence-corrected chi connectivity index (χ3v) is 3.55. The van der Waals surface area contributed by atoms with Crippen molar-refractivity contribution >= 4 is 11.9 Å². The summed E-state index contributed by atoms with van der Waals surface area (Å²) in [5.41, 5.74) is 0. The van der Waals surface area contributed by atoms with Crippen molar-refractivity contribution in [2.24, 2.45) is 0 Å². The van der Waals surface area contributed by atoms with E-state index in [2.05, 4.69) is 12.2 Å². The van der Waals surface area contributed by atoms with Crippen molar-refractivity contribution in [1.82, 2.24) is 5.32 Å². The van der Waals surface area contributed by atoms with E-state index in [1.54, 1.807) is 0 Å². The summed E-state index contributed by atoms with van der Waals surface area (Å²) < 4.78 is 4.84. The molecule has 0 spiro atoms. The maximum atomic E-state index is 11.5. The second-order valence-electron chi connectivity index (χ2n) is 5.73. The van der Waals surface area contributed by atoms with Crippen molar-refractivity contribution in [3.8, 4) is 0 Å². The Bertz CT molecular complexity index is 282. The number of carbonyl (C=O) groups is 2. The predicted octanol–water partition coefficient (Wildman–Crippen LogP) is 3.51. The van der Waals surface area contributed by atoms with E-state index < -0.39 is 5.97 Å². The number of ether oxygens (including phenoxy) is 1. The zero-order chi connectivity index (χ0) is 16.5. The highest BCUT2D eigenvalue weighted by Gasteiger charge is 2.01. The number of aliphatic carboxylic acids is 1. The molecule has 0 aliphatic heterocycles. The molecule has 0 rings (SSSR count). The van der Waals surface area contributed by atoms with Crippen LogP contribution in [0.1, 0.15) is 77.6 Å². The van der Waals surface area contributed by atoms with Gasteiger partial charge in [-0.05, 0) is 6.42 Å². The fourth-order valence-corrected chi connectivity index (χ4v) is 2.28. The van der Waals surface area contributed by atoms with Crippen molar-refractivity contribution in [1.29, 1.82) is 0 Å². The van der Waals surface area contributed by atoms with Crippen LogP contribution in [0.25, 0.3) is 0 Å². The first-order valence-corrected chi connectivity index (χ1v) is 8.73. The average molecular weight is 315 g/mol. The Balaban J connectivity index is 3.16. The van der Waals surface area contributed by atoms with E-state index in [4.69, 9.17) is 9.84 Å². The Labute approximate surface area is 134 Å². The first-order valence-electron chi connectivity index (χ1n) is 8.73. The molecule has 0 unspecified atom stereocenters. The molecule has 0 fully saturated rings. The van der Waals surface area contributed by atoms with Gasteiger partial charge in [0.05, 0.1) is 6.61 Å². The number of carbonyl (C=O) groups excluding carboxylic acids is 1. The van der Waals surface area contributed by atoms with Crippen LogP contribution in [-0.2, 0) is 14.3 Å². The first kappa shape index (κ1) is 20.9. The van der Waals surface area contributed by atoms with Gasteiger partial charge in [0, 0.05) is 13.0 Å². The van der Waals surface area contributed by atoms with Gasteiger partial charge in [0.1, 0.15) is 6.61 Å². The van der Waals surface area contributed by atoms with Gasteiger partial charge in [-0.1, -0.05) is 64.7 Å². The molecule has 2 N–H and O–H groups in total. The highest BCUT2D eigenvalue weighted by atomic mass is 16.5. The highest BCUT2D eigenvalue weighted by Crippen LogP contribution is 2.11. The summed E-state index contributed by atoms with van der Waals surface area (Å²) in [5.74, 6) is -0.963. The predicted molar refractivity (Wildman–Crippen MR) is 87.9 cm³/mol. The normalized spacial score (nSPS) is 10.6.